The smallest absolute Gasteiger partial charge is 0.196 e. The Morgan fingerprint density at radius 3 is 2.72 bits per heavy atom. The largest absolute Gasteiger partial charge is 0.298 e. The van der Waals surface area contributed by atoms with Crippen LogP contribution in [0, 0.1) is 0 Å². The van der Waals surface area contributed by atoms with E-state index in [1.54, 1.807) is 0 Å². The fraction of sp³-hybridized carbons (Fsp3) is 0.667. The Morgan fingerprint density at radius 2 is 2.22 bits per heavy atom. The van der Waals surface area contributed by atoms with Gasteiger partial charge in [-0.3, -0.25) is 9.48 Å². The van der Waals surface area contributed by atoms with E-state index in [4.69, 9.17) is 0 Å². The minimum absolute atomic E-state index is 0.0861. The predicted molar refractivity (Wildman–Crippen MR) is 67.5 cm³/mol. The molecule has 100 valence electrons. The summed E-state index contributed by atoms with van der Waals surface area (Å²) in [4.78, 5) is 11.0. The van der Waals surface area contributed by atoms with E-state index in [0.717, 1.165) is 25.7 Å². The second-order valence-corrected chi connectivity index (χ2v) is 6.75. The Balaban J connectivity index is 2.40. The Morgan fingerprint density at radius 1 is 1.50 bits per heavy atom. The van der Waals surface area contributed by atoms with Gasteiger partial charge in [-0.25, -0.2) is 8.42 Å². The molecule has 1 saturated carbocycles. The fourth-order valence-electron chi connectivity index (χ4n) is 2.09. The minimum Gasteiger partial charge on any atom is -0.298 e. The Hall–Kier alpha value is -1.17. The van der Waals surface area contributed by atoms with Crippen LogP contribution in [0.2, 0.25) is 0 Å². The molecule has 6 heteroatoms. The third kappa shape index (κ3) is 2.34. The molecule has 0 aromatic carbocycles. The van der Waals surface area contributed by atoms with Gasteiger partial charge in [0.05, 0.1) is 23.6 Å². The van der Waals surface area contributed by atoms with E-state index >= 15 is 0 Å². The molecule has 2 rings (SSSR count). The summed E-state index contributed by atoms with van der Waals surface area (Å²) >= 11 is 0. The Labute approximate surface area is 107 Å². The summed E-state index contributed by atoms with van der Waals surface area (Å²) in [6.07, 6.45) is 6.34. The summed E-state index contributed by atoms with van der Waals surface area (Å²) < 4.78 is 26.1. The molecule has 1 aliphatic carbocycles. The Bertz CT molecular complexity index is 530. The van der Waals surface area contributed by atoms with Crippen LogP contribution in [-0.4, -0.2) is 30.2 Å². The number of unbranched alkanes of at least 4 members (excludes halogenated alkanes) is 1. The fourth-order valence-corrected chi connectivity index (χ4v) is 3.89. The summed E-state index contributed by atoms with van der Waals surface area (Å²) in [5.41, 5.74) is 0.193. The zero-order valence-corrected chi connectivity index (χ0v) is 11.3. The second kappa shape index (κ2) is 5.22. The van der Waals surface area contributed by atoms with E-state index < -0.39 is 9.84 Å². The highest BCUT2D eigenvalue weighted by Crippen LogP contribution is 2.34. The molecule has 0 saturated heterocycles. The topological polar surface area (TPSA) is 69.0 Å². The first-order valence-electron chi connectivity index (χ1n) is 6.35. The minimum atomic E-state index is -3.40. The first kappa shape index (κ1) is 13.3. The van der Waals surface area contributed by atoms with Crippen molar-refractivity contribution in [2.24, 2.45) is 0 Å². The quantitative estimate of drug-likeness (QED) is 0.741. The average Bonchev–Trinajstić information content (AvgIpc) is 2.68. The molecule has 0 bridgehead atoms. The van der Waals surface area contributed by atoms with Gasteiger partial charge in [0.1, 0.15) is 0 Å². The highest BCUT2D eigenvalue weighted by molar-refractivity contribution is 7.91. The molecule has 0 aliphatic heterocycles. The first-order chi connectivity index (χ1) is 8.60. The second-order valence-electron chi connectivity index (χ2n) is 4.72. The molecule has 5 nitrogen and oxygen atoms in total. The Kier molecular flexibility index (Phi) is 3.85. The zero-order valence-electron chi connectivity index (χ0n) is 10.5. The van der Waals surface area contributed by atoms with Crippen molar-refractivity contribution in [1.82, 2.24) is 9.78 Å². The van der Waals surface area contributed by atoms with Crippen LogP contribution >= 0.6 is 0 Å². The number of carbonyl (C=O) groups excluding carboxylic acids is 1. The number of hydrogen-bond donors (Lipinski definition) is 0. The molecular formula is C12H18N2O3S. The molecule has 0 radical (unpaired) electrons. The number of aldehydes is 1. The normalized spacial score (nSPS) is 16.5. The number of aromatic nitrogens is 2. The molecule has 0 atom stereocenters. The summed E-state index contributed by atoms with van der Waals surface area (Å²) in [7, 11) is -3.40. The van der Waals surface area contributed by atoms with Crippen molar-refractivity contribution in [1.29, 1.82) is 0 Å². The van der Waals surface area contributed by atoms with Gasteiger partial charge >= 0.3 is 0 Å². The molecule has 1 aromatic heterocycles. The van der Waals surface area contributed by atoms with Crippen LogP contribution < -0.4 is 0 Å². The molecule has 0 unspecified atom stereocenters. The van der Waals surface area contributed by atoms with Crippen molar-refractivity contribution in [3.8, 4) is 0 Å². The summed E-state index contributed by atoms with van der Waals surface area (Å²) in [6, 6.07) is 0.144. The standard InChI is InChI=1S/C12H18N2O3S/c1-2-3-7-18(16,17)12-10(9-15)8-13-14(12)11-5-4-6-11/h8-9,11H,2-7H2,1H3. The van der Waals surface area contributed by atoms with Crippen LogP contribution in [0.25, 0.3) is 0 Å². The lowest BCUT2D eigenvalue weighted by molar-refractivity contribution is 0.111. The number of sulfone groups is 1. The lowest BCUT2D eigenvalue weighted by atomic mass is 9.93. The van der Waals surface area contributed by atoms with E-state index in [-0.39, 0.29) is 22.4 Å². The summed E-state index contributed by atoms with van der Waals surface area (Å²) in [5.74, 6) is 0.0861. The molecule has 1 aliphatic rings. The van der Waals surface area contributed by atoms with E-state index in [1.165, 1.54) is 10.9 Å². The highest BCUT2D eigenvalue weighted by atomic mass is 32.2. The van der Waals surface area contributed by atoms with Gasteiger partial charge in [-0.05, 0) is 25.7 Å². The van der Waals surface area contributed by atoms with Crippen LogP contribution in [0.15, 0.2) is 11.2 Å². The number of hydrogen-bond acceptors (Lipinski definition) is 4. The van der Waals surface area contributed by atoms with Crippen LogP contribution in [0.3, 0.4) is 0 Å². The molecule has 0 amide bonds. The lowest BCUT2D eigenvalue weighted by Gasteiger charge is -2.27. The molecule has 1 fully saturated rings. The highest BCUT2D eigenvalue weighted by Gasteiger charge is 2.30. The van der Waals surface area contributed by atoms with Crippen molar-refractivity contribution < 1.29 is 13.2 Å². The third-order valence-corrected chi connectivity index (χ3v) is 5.22. The number of carbonyl (C=O) groups is 1. The van der Waals surface area contributed by atoms with Gasteiger partial charge in [0.25, 0.3) is 0 Å². The van der Waals surface area contributed by atoms with E-state index in [2.05, 4.69) is 5.10 Å². The van der Waals surface area contributed by atoms with Crippen LogP contribution in [0.1, 0.15) is 55.4 Å². The molecule has 1 heterocycles. The van der Waals surface area contributed by atoms with Gasteiger partial charge < -0.3 is 0 Å². The number of rotatable bonds is 6. The molecule has 0 spiro atoms. The van der Waals surface area contributed by atoms with E-state index in [9.17, 15) is 13.2 Å². The molecule has 18 heavy (non-hydrogen) atoms. The third-order valence-electron chi connectivity index (χ3n) is 3.38. The van der Waals surface area contributed by atoms with Crippen molar-refractivity contribution in [2.75, 3.05) is 5.75 Å². The number of nitrogens with zero attached hydrogens (tertiary/aromatic N) is 2. The van der Waals surface area contributed by atoms with Gasteiger partial charge in [0, 0.05) is 0 Å². The predicted octanol–water partition coefficient (Wildman–Crippen LogP) is 1.99. The lowest BCUT2D eigenvalue weighted by Crippen LogP contribution is -2.23. The van der Waals surface area contributed by atoms with Crippen LogP contribution in [0.5, 0.6) is 0 Å². The summed E-state index contributed by atoms with van der Waals surface area (Å²) in [6.45, 7) is 1.94. The average molecular weight is 270 g/mol. The summed E-state index contributed by atoms with van der Waals surface area (Å²) in [5, 5.41) is 4.21. The van der Waals surface area contributed by atoms with Crippen molar-refractivity contribution >= 4 is 16.1 Å². The van der Waals surface area contributed by atoms with Crippen molar-refractivity contribution in [3.05, 3.63) is 11.8 Å². The van der Waals surface area contributed by atoms with Gasteiger partial charge in [-0.1, -0.05) is 13.3 Å². The SMILES string of the molecule is CCCCS(=O)(=O)c1c(C=O)cnn1C1CCC1. The molecular weight excluding hydrogens is 252 g/mol. The first-order valence-corrected chi connectivity index (χ1v) is 8.01. The van der Waals surface area contributed by atoms with Gasteiger partial charge in [0.2, 0.25) is 0 Å². The molecule has 1 aromatic rings. The van der Waals surface area contributed by atoms with Crippen LogP contribution in [0.4, 0.5) is 0 Å². The van der Waals surface area contributed by atoms with Gasteiger partial charge in [0.15, 0.2) is 21.1 Å². The maximum Gasteiger partial charge on any atom is 0.196 e. The van der Waals surface area contributed by atoms with Crippen molar-refractivity contribution in [3.63, 3.8) is 0 Å². The van der Waals surface area contributed by atoms with Crippen molar-refractivity contribution in [2.45, 2.75) is 50.1 Å². The monoisotopic (exact) mass is 270 g/mol. The maximum absolute atomic E-state index is 12.3. The van der Waals surface area contributed by atoms with Gasteiger partial charge in [-0.2, -0.15) is 5.10 Å². The van der Waals surface area contributed by atoms with E-state index in [0.29, 0.717) is 12.7 Å². The zero-order chi connectivity index (χ0) is 13.2. The maximum atomic E-state index is 12.3. The van der Waals surface area contributed by atoms with Crippen LogP contribution in [-0.2, 0) is 9.84 Å². The molecule has 0 N–H and O–H groups in total. The van der Waals surface area contributed by atoms with Gasteiger partial charge in [-0.15, -0.1) is 0 Å². The van der Waals surface area contributed by atoms with E-state index in [1.807, 2.05) is 6.92 Å².